The number of fused-ring (bicyclic) bond motifs is 9. The quantitative estimate of drug-likeness (QED) is 0.161. The van der Waals surface area contributed by atoms with E-state index in [0.29, 0.717) is 0 Å². The zero-order chi connectivity index (χ0) is 37.0. The van der Waals surface area contributed by atoms with E-state index < -0.39 is 0 Å². The normalized spacial score (nSPS) is 11.6. The second-order valence-corrected chi connectivity index (χ2v) is 14.2. The van der Waals surface area contributed by atoms with Crippen LogP contribution >= 0.6 is 0 Å². The SMILES string of the molecule is c1ccc(-c2ccc(N(c3ccc(-c4cnc5c6ccccc6c6ccccc6c5n4)cc3)c3ccc(-n4c5ccccc5c5ccccc54)cc3)cc2)cc1. The van der Waals surface area contributed by atoms with Gasteiger partial charge in [0, 0.05) is 49.9 Å². The first kappa shape index (κ1) is 31.9. The van der Waals surface area contributed by atoms with Crippen molar-refractivity contribution in [1.82, 2.24) is 14.5 Å². The van der Waals surface area contributed by atoms with Gasteiger partial charge in [-0.3, -0.25) is 4.98 Å². The van der Waals surface area contributed by atoms with E-state index in [-0.39, 0.29) is 0 Å². The van der Waals surface area contributed by atoms with Crippen LogP contribution in [0.5, 0.6) is 0 Å². The van der Waals surface area contributed by atoms with Crippen molar-refractivity contribution >= 4 is 71.4 Å². The van der Waals surface area contributed by atoms with Gasteiger partial charge in [-0.1, -0.05) is 140 Å². The number of rotatable bonds is 6. The maximum Gasteiger partial charge on any atom is 0.0979 e. The highest BCUT2D eigenvalue weighted by molar-refractivity contribution is 6.23. The van der Waals surface area contributed by atoms with Gasteiger partial charge in [-0.2, -0.15) is 0 Å². The summed E-state index contributed by atoms with van der Waals surface area (Å²) in [4.78, 5) is 12.6. The van der Waals surface area contributed by atoms with Gasteiger partial charge in [0.1, 0.15) is 0 Å². The Bertz CT molecular complexity index is 3130. The van der Waals surface area contributed by atoms with E-state index in [0.717, 1.165) is 55.8 Å². The molecule has 56 heavy (non-hydrogen) atoms. The standard InChI is InChI=1S/C52H34N4/c1-2-12-35(13-3-1)36-22-26-38(27-23-36)55(40-30-32-41(33-31-40)56-49-20-10-8-16-44(49)45-17-9-11-21-50(45)56)39-28-24-37(25-29-39)48-34-53-51-46-18-6-4-14-42(46)43-15-5-7-19-47(43)52(51)54-48/h1-34H. The highest BCUT2D eigenvalue weighted by atomic mass is 15.1. The summed E-state index contributed by atoms with van der Waals surface area (Å²) in [5.74, 6) is 0. The average Bonchev–Trinajstić information content (AvgIpc) is 3.62. The average molecular weight is 715 g/mol. The maximum absolute atomic E-state index is 5.25. The summed E-state index contributed by atoms with van der Waals surface area (Å²) in [6.07, 6.45) is 1.91. The molecular weight excluding hydrogens is 681 g/mol. The van der Waals surface area contributed by atoms with Crippen molar-refractivity contribution in [1.29, 1.82) is 0 Å². The van der Waals surface area contributed by atoms with Crippen molar-refractivity contribution in [2.24, 2.45) is 0 Å². The van der Waals surface area contributed by atoms with Gasteiger partial charge in [-0.25, -0.2) is 4.98 Å². The maximum atomic E-state index is 5.25. The summed E-state index contributed by atoms with van der Waals surface area (Å²) < 4.78 is 2.36. The van der Waals surface area contributed by atoms with Crippen LogP contribution in [-0.2, 0) is 0 Å². The molecule has 0 spiro atoms. The Hall–Kier alpha value is -7.56. The number of aromatic nitrogens is 3. The van der Waals surface area contributed by atoms with Gasteiger partial charge in [0.15, 0.2) is 0 Å². The fourth-order valence-corrected chi connectivity index (χ4v) is 8.38. The second-order valence-electron chi connectivity index (χ2n) is 14.2. The number of nitrogens with zero attached hydrogens (tertiary/aromatic N) is 4. The van der Waals surface area contributed by atoms with Crippen LogP contribution in [0, 0.1) is 0 Å². The molecule has 0 aliphatic heterocycles. The van der Waals surface area contributed by atoms with E-state index in [4.69, 9.17) is 9.97 Å². The van der Waals surface area contributed by atoms with Gasteiger partial charge in [-0.15, -0.1) is 0 Å². The van der Waals surface area contributed by atoms with E-state index in [1.165, 1.54) is 43.7 Å². The number of anilines is 3. The molecule has 0 radical (unpaired) electrons. The lowest BCUT2D eigenvalue weighted by Crippen LogP contribution is -2.10. The minimum atomic E-state index is 0.846. The Balaban J connectivity index is 1.01. The first-order chi connectivity index (χ1) is 27.8. The van der Waals surface area contributed by atoms with Crippen LogP contribution in [0.25, 0.3) is 82.5 Å². The lowest BCUT2D eigenvalue weighted by atomic mass is 9.99. The van der Waals surface area contributed by atoms with E-state index in [9.17, 15) is 0 Å². The molecule has 0 unspecified atom stereocenters. The fourth-order valence-electron chi connectivity index (χ4n) is 8.38. The Morgan fingerprint density at radius 2 is 0.768 bits per heavy atom. The molecule has 0 aliphatic carbocycles. The van der Waals surface area contributed by atoms with Crippen LogP contribution in [0.3, 0.4) is 0 Å². The number of benzene rings is 9. The molecule has 262 valence electrons. The topological polar surface area (TPSA) is 34.0 Å². The first-order valence-electron chi connectivity index (χ1n) is 19.0. The fraction of sp³-hybridized carbons (Fsp3) is 0. The summed E-state index contributed by atoms with van der Waals surface area (Å²) >= 11 is 0. The van der Waals surface area contributed by atoms with Gasteiger partial charge in [-0.05, 0) is 82.6 Å². The molecule has 0 atom stereocenters. The molecule has 4 heteroatoms. The van der Waals surface area contributed by atoms with Crippen molar-refractivity contribution in [2.45, 2.75) is 0 Å². The van der Waals surface area contributed by atoms with Crippen LogP contribution in [0.2, 0.25) is 0 Å². The van der Waals surface area contributed by atoms with Gasteiger partial charge in [0.25, 0.3) is 0 Å². The summed E-state index contributed by atoms with van der Waals surface area (Å²) in [6.45, 7) is 0. The third-order valence-corrected chi connectivity index (χ3v) is 11.0. The van der Waals surface area contributed by atoms with Gasteiger partial charge in [0.2, 0.25) is 0 Å². The molecule has 2 aromatic heterocycles. The molecule has 0 bridgehead atoms. The van der Waals surface area contributed by atoms with Gasteiger partial charge < -0.3 is 9.47 Å². The molecule has 0 aliphatic rings. The summed E-state index contributed by atoms with van der Waals surface area (Å²) in [6, 6.07) is 71.2. The Morgan fingerprint density at radius 1 is 0.339 bits per heavy atom. The van der Waals surface area contributed by atoms with Crippen LogP contribution < -0.4 is 4.90 Å². The summed E-state index contributed by atoms with van der Waals surface area (Å²) in [5.41, 5.74) is 12.8. The molecule has 0 amide bonds. The highest BCUT2D eigenvalue weighted by Crippen LogP contribution is 2.39. The van der Waals surface area contributed by atoms with Crippen LogP contribution in [-0.4, -0.2) is 14.5 Å². The summed E-state index contributed by atoms with van der Waals surface area (Å²) in [7, 11) is 0. The number of hydrogen-bond acceptors (Lipinski definition) is 3. The van der Waals surface area contributed by atoms with Crippen molar-refractivity contribution in [3.8, 4) is 28.1 Å². The minimum absolute atomic E-state index is 0.846. The number of hydrogen-bond donors (Lipinski definition) is 0. The molecular formula is C52H34N4. The van der Waals surface area contributed by atoms with Crippen LogP contribution in [0.4, 0.5) is 17.1 Å². The molecule has 11 aromatic rings. The van der Waals surface area contributed by atoms with Crippen LogP contribution in [0.15, 0.2) is 206 Å². The second kappa shape index (κ2) is 13.1. The van der Waals surface area contributed by atoms with E-state index in [1.54, 1.807) is 0 Å². The zero-order valence-corrected chi connectivity index (χ0v) is 30.4. The predicted molar refractivity (Wildman–Crippen MR) is 234 cm³/mol. The van der Waals surface area contributed by atoms with E-state index in [1.807, 2.05) is 6.20 Å². The molecule has 2 heterocycles. The van der Waals surface area contributed by atoms with Crippen molar-refractivity contribution in [2.75, 3.05) is 4.90 Å². The smallest absolute Gasteiger partial charge is 0.0979 e. The highest BCUT2D eigenvalue weighted by Gasteiger charge is 2.17. The first-order valence-corrected chi connectivity index (χ1v) is 19.0. The van der Waals surface area contributed by atoms with Crippen LogP contribution in [0.1, 0.15) is 0 Å². The number of para-hydroxylation sites is 2. The van der Waals surface area contributed by atoms with Gasteiger partial charge >= 0.3 is 0 Å². The Kier molecular flexibility index (Phi) is 7.46. The molecule has 4 nitrogen and oxygen atoms in total. The van der Waals surface area contributed by atoms with Crippen molar-refractivity contribution in [3.05, 3.63) is 206 Å². The molecule has 0 fully saturated rings. The molecule has 0 N–H and O–H groups in total. The Morgan fingerprint density at radius 3 is 1.34 bits per heavy atom. The zero-order valence-electron chi connectivity index (χ0n) is 30.4. The monoisotopic (exact) mass is 714 g/mol. The molecule has 0 saturated heterocycles. The van der Waals surface area contributed by atoms with E-state index >= 15 is 0 Å². The third kappa shape index (κ3) is 5.23. The minimum Gasteiger partial charge on any atom is -0.311 e. The van der Waals surface area contributed by atoms with Gasteiger partial charge in [0.05, 0.1) is 34.0 Å². The largest absolute Gasteiger partial charge is 0.311 e. The predicted octanol–water partition coefficient (Wildman–Crippen LogP) is 13.8. The Labute approximate surface area is 324 Å². The van der Waals surface area contributed by atoms with Crippen molar-refractivity contribution < 1.29 is 0 Å². The molecule has 0 saturated carbocycles. The lowest BCUT2D eigenvalue weighted by Gasteiger charge is -2.26. The molecule has 11 rings (SSSR count). The summed E-state index contributed by atoms with van der Waals surface area (Å²) in [5, 5.41) is 7.13. The third-order valence-electron chi connectivity index (χ3n) is 11.0. The lowest BCUT2D eigenvalue weighted by molar-refractivity contribution is 1.17. The van der Waals surface area contributed by atoms with Crippen molar-refractivity contribution in [3.63, 3.8) is 0 Å². The van der Waals surface area contributed by atoms with E-state index in [2.05, 4.69) is 210 Å². The molecule has 9 aromatic carbocycles.